The van der Waals surface area contributed by atoms with Gasteiger partial charge in [0.05, 0.1) is 10.6 Å². The minimum absolute atomic E-state index is 0.135. The molecular weight excluding hydrogens is 398 g/mol. The Hall–Kier alpha value is -2.38. The Morgan fingerprint density at radius 2 is 1.87 bits per heavy atom. The number of likely N-dealkylation sites (N-methyl/N-ethyl adjacent to an activating group) is 1. The van der Waals surface area contributed by atoms with Crippen molar-refractivity contribution in [1.29, 1.82) is 0 Å². The highest BCUT2D eigenvalue weighted by atomic mass is 32.2. The lowest BCUT2D eigenvalue weighted by atomic mass is 10.1. The van der Waals surface area contributed by atoms with Crippen LogP contribution in [0.4, 0.5) is 5.69 Å². The Kier molecular flexibility index (Phi) is 6.83. The van der Waals surface area contributed by atoms with Crippen molar-refractivity contribution < 1.29 is 13.2 Å². The first kappa shape index (κ1) is 22.3. The van der Waals surface area contributed by atoms with Crippen molar-refractivity contribution in [1.82, 2.24) is 10.2 Å². The first-order valence-electron chi connectivity index (χ1n) is 10.5. The van der Waals surface area contributed by atoms with Crippen LogP contribution in [0.3, 0.4) is 0 Å². The van der Waals surface area contributed by atoms with Crippen LogP contribution in [-0.4, -0.2) is 50.9 Å². The number of para-hydroxylation sites is 1. The average molecular weight is 430 g/mol. The lowest BCUT2D eigenvalue weighted by Crippen LogP contribution is -2.42. The molecule has 1 amide bonds. The summed E-state index contributed by atoms with van der Waals surface area (Å²) in [7, 11) is -3.76. The van der Waals surface area contributed by atoms with E-state index in [1.54, 1.807) is 18.2 Å². The SMILES string of the molecule is CCN(CC)C(C)CNC(=O)c1cccc(S(=O)(=O)N2c3ccccc3CC2C)c1. The molecule has 0 saturated carbocycles. The summed E-state index contributed by atoms with van der Waals surface area (Å²) in [5, 5.41) is 2.93. The molecule has 30 heavy (non-hydrogen) atoms. The van der Waals surface area contributed by atoms with E-state index in [-0.39, 0.29) is 22.9 Å². The highest BCUT2D eigenvalue weighted by Gasteiger charge is 2.36. The van der Waals surface area contributed by atoms with E-state index in [4.69, 9.17) is 0 Å². The Morgan fingerprint density at radius 3 is 2.57 bits per heavy atom. The highest BCUT2D eigenvalue weighted by molar-refractivity contribution is 7.92. The van der Waals surface area contributed by atoms with E-state index < -0.39 is 10.0 Å². The van der Waals surface area contributed by atoms with Crippen molar-refractivity contribution in [2.75, 3.05) is 23.9 Å². The molecule has 0 spiro atoms. The van der Waals surface area contributed by atoms with Crippen molar-refractivity contribution in [2.45, 2.75) is 51.1 Å². The molecule has 0 fully saturated rings. The number of nitrogens with one attached hydrogen (secondary N) is 1. The monoisotopic (exact) mass is 429 g/mol. The summed E-state index contributed by atoms with van der Waals surface area (Å²) < 4.78 is 28.3. The quantitative estimate of drug-likeness (QED) is 0.699. The van der Waals surface area contributed by atoms with Gasteiger partial charge in [0.1, 0.15) is 0 Å². The number of hydrogen-bond donors (Lipinski definition) is 1. The molecule has 2 unspecified atom stereocenters. The van der Waals surface area contributed by atoms with Crippen LogP contribution in [0.2, 0.25) is 0 Å². The Balaban J connectivity index is 1.80. The molecule has 1 heterocycles. The van der Waals surface area contributed by atoms with Crippen LogP contribution in [0.1, 0.15) is 43.6 Å². The predicted octanol–water partition coefficient (Wildman–Crippen LogP) is 3.29. The predicted molar refractivity (Wildman–Crippen MR) is 120 cm³/mol. The van der Waals surface area contributed by atoms with Crippen LogP contribution in [0, 0.1) is 0 Å². The number of fused-ring (bicyclic) bond motifs is 1. The van der Waals surface area contributed by atoms with Gasteiger partial charge in [0.2, 0.25) is 0 Å². The second-order valence-corrected chi connectivity index (χ2v) is 9.61. The van der Waals surface area contributed by atoms with E-state index in [0.29, 0.717) is 24.2 Å². The van der Waals surface area contributed by atoms with E-state index in [1.807, 2.05) is 31.2 Å². The average Bonchev–Trinajstić information content (AvgIpc) is 3.09. The molecule has 3 rings (SSSR count). The summed E-state index contributed by atoms with van der Waals surface area (Å²) >= 11 is 0. The van der Waals surface area contributed by atoms with Crippen molar-refractivity contribution >= 4 is 21.6 Å². The van der Waals surface area contributed by atoms with Gasteiger partial charge in [-0.25, -0.2) is 8.42 Å². The third kappa shape index (κ3) is 4.37. The zero-order valence-electron chi connectivity index (χ0n) is 18.1. The van der Waals surface area contributed by atoms with Gasteiger partial charge in [-0.15, -0.1) is 0 Å². The normalized spacial score (nSPS) is 17.1. The van der Waals surface area contributed by atoms with Crippen molar-refractivity contribution in [3.8, 4) is 0 Å². The Bertz CT molecular complexity index is 1000. The zero-order chi connectivity index (χ0) is 21.9. The minimum atomic E-state index is -3.76. The molecule has 1 aliphatic heterocycles. The van der Waals surface area contributed by atoms with Crippen LogP contribution in [0.15, 0.2) is 53.4 Å². The highest BCUT2D eigenvalue weighted by Crippen LogP contribution is 2.36. The number of carbonyl (C=O) groups is 1. The largest absolute Gasteiger partial charge is 0.350 e. The second-order valence-electron chi connectivity index (χ2n) is 7.79. The summed E-state index contributed by atoms with van der Waals surface area (Å²) in [5.74, 6) is -0.263. The van der Waals surface area contributed by atoms with Gasteiger partial charge < -0.3 is 5.32 Å². The van der Waals surface area contributed by atoms with Gasteiger partial charge in [-0.05, 0) is 63.2 Å². The number of carbonyl (C=O) groups excluding carboxylic acids is 1. The number of nitrogens with zero attached hydrogens (tertiary/aromatic N) is 2. The molecule has 6 nitrogen and oxygen atoms in total. The first-order chi connectivity index (χ1) is 14.3. The van der Waals surface area contributed by atoms with Crippen molar-refractivity contribution in [2.24, 2.45) is 0 Å². The lowest BCUT2D eigenvalue weighted by molar-refractivity contribution is 0.0937. The topological polar surface area (TPSA) is 69.7 Å². The molecule has 2 aromatic rings. The number of anilines is 1. The van der Waals surface area contributed by atoms with Crippen LogP contribution in [0.25, 0.3) is 0 Å². The second kappa shape index (κ2) is 9.18. The first-order valence-corrected chi connectivity index (χ1v) is 12.0. The third-order valence-corrected chi connectivity index (χ3v) is 7.72. The molecule has 7 heteroatoms. The summed E-state index contributed by atoms with van der Waals surface area (Å²) in [5.41, 5.74) is 2.09. The number of hydrogen-bond acceptors (Lipinski definition) is 4. The summed E-state index contributed by atoms with van der Waals surface area (Å²) in [6, 6.07) is 13.9. The molecule has 0 saturated heterocycles. The minimum Gasteiger partial charge on any atom is -0.350 e. The fourth-order valence-electron chi connectivity index (χ4n) is 4.13. The van der Waals surface area contributed by atoms with Gasteiger partial charge in [-0.1, -0.05) is 38.1 Å². The fraction of sp³-hybridized carbons (Fsp3) is 0.435. The van der Waals surface area contributed by atoms with Gasteiger partial charge in [-0.2, -0.15) is 0 Å². The number of rotatable bonds is 8. The molecule has 0 aromatic heterocycles. The molecule has 0 bridgehead atoms. The Morgan fingerprint density at radius 1 is 1.17 bits per heavy atom. The molecule has 0 aliphatic carbocycles. The van der Waals surface area contributed by atoms with Gasteiger partial charge in [0, 0.05) is 24.2 Å². The number of benzene rings is 2. The van der Waals surface area contributed by atoms with E-state index in [2.05, 4.69) is 31.0 Å². The van der Waals surface area contributed by atoms with Crippen LogP contribution >= 0.6 is 0 Å². The molecule has 0 radical (unpaired) electrons. The number of amides is 1. The molecular formula is C23H31N3O3S. The Labute approximate surface area is 179 Å². The molecule has 162 valence electrons. The zero-order valence-corrected chi connectivity index (χ0v) is 18.9. The van der Waals surface area contributed by atoms with Gasteiger partial charge in [-0.3, -0.25) is 14.0 Å². The molecule has 2 aromatic carbocycles. The molecule has 1 aliphatic rings. The van der Waals surface area contributed by atoms with E-state index in [1.165, 1.54) is 10.4 Å². The van der Waals surface area contributed by atoms with E-state index >= 15 is 0 Å². The van der Waals surface area contributed by atoms with Crippen LogP contribution in [0.5, 0.6) is 0 Å². The summed E-state index contributed by atoms with van der Waals surface area (Å²) in [6.07, 6.45) is 0.679. The standard InChI is InChI=1S/C23H31N3O3S/c1-5-25(6-2)18(4)16-24-23(27)20-11-9-12-21(15-20)30(28,29)26-17(3)14-19-10-7-8-13-22(19)26/h7-13,15,17-18H,5-6,14,16H2,1-4H3,(H,24,27). The third-order valence-electron chi connectivity index (χ3n) is 5.79. The smallest absolute Gasteiger partial charge is 0.264 e. The fourth-order valence-corrected chi connectivity index (χ4v) is 5.87. The maximum absolute atomic E-state index is 13.4. The maximum Gasteiger partial charge on any atom is 0.264 e. The van der Waals surface area contributed by atoms with E-state index in [0.717, 1.165) is 18.7 Å². The lowest BCUT2D eigenvalue weighted by Gasteiger charge is -2.26. The maximum atomic E-state index is 13.4. The van der Waals surface area contributed by atoms with Crippen molar-refractivity contribution in [3.63, 3.8) is 0 Å². The summed E-state index contributed by atoms with van der Waals surface area (Å²) in [4.78, 5) is 15.1. The van der Waals surface area contributed by atoms with Crippen LogP contribution < -0.4 is 9.62 Å². The number of sulfonamides is 1. The molecule has 1 N–H and O–H groups in total. The van der Waals surface area contributed by atoms with Gasteiger partial charge in [0.25, 0.3) is 15.9 Å². The van der Waals surface area contributed by atoms with E-state index in [9.17, 15) is 13.2 Å². The molecule has 2 atom stereocenters. The van der Waals surface area contributed by atoms with Crippen molar-refractivity contribution in [3.05, 3.63) is 59.7 Å². The van der Waals surface area contributed by atoms with Gasteiger partial charge >= 0.3 is 0 Å². The van der Waals surface area contributed by atoms with Crippen LogP contribution in [-0.2, 0) is 16.4 Å². The van der Waals surface area contributed by atoms with Gasteiger partial charge in [0.15, 0.2) is 0 Å². The summed E-state index contributed by atoms with van der Waals surface area (Å²) in [6.45, 7) is 10.5.